The molecule has 0 amide bonds. The Morgan fingerprint density at radius 1 is 1.11 bits per heavy atom. The highest BCUT2D eigenvalue weighted by atomic mass is 19.1. The van der Waals surface area contributed by atoms with Gasteiger partial charge in [0, 0.05) is 12.1 Å². The number of aryl methyl sites for hydroxylation is 2. The highest BCUT2D eigenvalue weighted by molar-refractivity contribution is 5.58. The number of anilines is 1. The molecular weight excluding hydrogens is 241 g/mol. The molecule has 0 saturated heterocycles. The van der Waals surface area contributed by atoms with Gasteiger partial charge in [0.2, 0.25) is 0 Å². The third-order valence-electron chi connectivity index (χ3n) is 2.87. The Bertz CT molecular complexity index is 564. The first-order valence-electron chi connectivity index (χ1n) is 6.47. The molecule has 0 fully saturated rings. The van der Waals surface area contributed by atoms with E-state index in [0.29, 0.717) is 18.1 Å². The van der Waals surface area contributed by atoms with Crippen LogP contribution in [0.1, 0.15) is 24.6 Å². The fraction of sp³-hybridized carbons (Fsp3) is 0.333. The largest absolute Gasteiger partial charge is 0.368 e. The Morgan fingerprint density at radius 3 is 2.42 bits per heavy atom. The van der Waals surface area contributed by atoms with Gasteiger partial charge in [-0.1, -0.05) is 36.8 Å². The van der Waals surface area contributed by atoms with Crippen LogP contribution in [0.5, 0.6) is 0 Å². The zero-order chi connectivity index (χ0) is 13.8. The number of hydrogen-bond acceptors (Lipinski definition) is 3. The average Bonchev–Trinajstić information content (AvgIpc) is 2.41. The second-order valence-corrected chi connectivity index (χ2v) is 4.59. The maximum absolute atomic E-state index is 13.9. The molecule has 1 aromatic carbocycles. The molecule has 0 aliphatic heterocycles. The van der Waals surface area contributed by atoms with Crippen LogP contribution in [0.4, 0.5) is 10.2 Å². The number of rotatable bonds is 4. The number of aromatic nitrogens is 2. The van der Waals surface area contributed by atoms with Gasteiger partial charge in [0.1, 0.15) is 0 Å². The van der Waals surface area contributed by atoms with E-state index >= 15 is 0 Å². The molecule has 1 N–H and O–H groups in total. The van der Waals surface area contributed by atoms with Gasteiger partial charge in [-0.3, -0.25) is 0 Å². The van der Waals surface area contributed by atoms with E-state index in [4.69, 9.17) is 0 Å². The molecule has 0 aliphatic rings. The van der Waals surface area contributed by atoms with Gasteiger partial charge < -0.3 is 5.32 Å². The fourth-order valence-corrected chi connectivity index (χ4v) is 1.75. The minimum atomic E-state index is -0.371. The van der Waals surface area contributed by atoms with Gasteiger partial charge in [-0.15, -0.1) is 0 Å². The number of nitrogens with one attached hydrogen (secondary N) is 1. The molecule has 0 unspecified atom stereocenters. The van der Waals surface area contributed by atoms with E-state index in [1.807, 2.05) is 38.1 Å². The van der Waals surface area contributed by atoms with E-state index in [0.717, 1.165) is 12.0 Å². The van der Waals surface area contributed by atoms with Crippen molar-refractivity contribution in [1.29, 1.82) is 0 Å². The Balaban J connectivity index is 2.40. The van der Waals surface area contributed by atoms with Crippen molar-refractivity contribution >= 4 is 5.82 Å². The van der Waals surface area contributed by atoms with Crippen molar-refractivity contribution in [2.75, 3.05) is 11.9 Å². The Kier molecular flexibility index (Phi) is 4.10. The number of hydrogen-bond donors (Lipinski definition) is 1. The summed E-state index contributed by atoms with van der Waals surface area (Å²) in [5.74, 6) is 0.465. The normalized spacial score (nSPS) is 10.5. The summed E-state index contributed by atoms with van der Waals surface area (Å²) in [5.41, 5.74) is 2.43. The smallest absolute Gasteiger partial charge is 0.186 e. The van der Waals surface area contributed by atoms with E-state index in [-0.39, 0.29) is 11.6 Å². The van der Waals surface area contributed by atoms with E-state index in [9.17, 15) is 4.39 Å². The summed E-state index contributed by atoms with van der Waals surface area (Å²) in [4.78, 5) is 8.49. The van der Waals surface area contributed by atoms with Crippen LogP contribution in [0.15, 0.2) is 24.3 Å². The van der Waals surface area contributed by atoms with Crippen LogP contribution in [-0.4, -0.2) is 16.5 Å². The van der Waals surface area contributed by atoms with Gasteiger partial charge in [0.15, 0.2) is 17.5 Å². The summed E-state index contributed by atoms with van der Waals surface area (Å²) in [6.07, 6.45) is 0.919. The first-order chi connectivity index (χ1) is 9.11. The van der Waals surface area contributed by atoms with Crippen LogP contribution in [0.25, 0.3) is 11.4 Å². The van der Waals surface area contributed by atoms with Crippen LogP contribution < -0.4 is 5.32 Å². The van der Waals surface area contributed by atoms with Crippen molar-refractivity contribution in [2.24, 2.45) is 0 Å². The zero-order valence-corrected chi connectivity index (χ0v) is 11.5. The Morgan fingerprint density at radius 2 is 1.79 bits per heavy atom. The predicted molar refractivity (Wildman–Crippen MR) is 75.7 cm³/mol. The Hall–Kier alpha value is -1.97. The third-order valence-corrected chi connectivity index (χ3v) is 2.87. The minimum Gasteiger partial charge on any atom is -0.368 e. The van der Waals surface area contributed by atoms with E-state index in [1.54, 1.807) is 6.92 Å². The maximum Gasteiger partial charge on any atom is 0.186 e. The SMILES string of the molecule is CCCNc1nc(-c2ccc(C)cc2)nc(C)c1F. The lowest BCUT2D eigenvalue weighted by atomic mass is 10.1. The average molecular weight is 259 g/mol. The summed E-state index contributed by atoms with van der Waals surface area (Å²) >= 11 is 0. The molecule has 0 saturated carbocycles. The van der Waals surface area contributed by atoms with Crippen molar-refractivity contribution in [1.82, 2.24) is 9.97 Å². The molecule has 1 aromatic heterocycles. The van der Waals surface area contributed by atoms with Crippen LogP contribution in [-0.2, 0) is 0 Å². The van der Waals surface area contributed by atoms with Crippen LogP contribution in [0.2, 0.25) is 0 Å². The van der Waals surface area contributed by atoms with E-state index in [2.05, 4.69) is 15.3 Å². The second kappa shape index (κ2) is 5.78. The first-order valence-corrected chi connectivity index (χ1v) is 6.47. The molecule has 0 spiro atoms. The number of benzene rings is 1. The predicted octanol–water partition coefficient (Wildman–Crippen LogP) is 3.72. The van der Waals surface area contributed by atoms with Gasteiger partial charge in [-0.2, -0.15) is 0 Å². The second-order valence-electron chi connectivity index (χ2n) is 4.59. The Labute approximate surface area is 112 Å². The number of halogens is 1. The van der Waals surface area contributed by atoms with Gasteiger partial charge in [-0.05, 0) is 20.3 Å². The summed E-state index contributed by atoms with van der Waals surface area (Å²) in [5, 5.41) is 3.00. The summed E-state index contributed by atoms with van der Waals surface area (Å²) in [6.45, 7) is 6.40. The minimum absolute atomic E-state index is 0.282. The van der Waals surface area contributed by atoms with Crippen molar-refractivity contribution < 1.29 is 4.39 Å². The molecule has 2 rings (SSSR count). The van der Waals surface area contributed by atoms with Crippen LogP contribution in [0.3, 0.4) is 0 Å². The molecule has 19 heavy (non-hydrogen) atoms. The van der Waals surface area contributed by atoms with E-state index in [1.165, 1.54) is 5.56 Å². The summed E-state index contributed by atoms with van der Waals surface area (Å²) < 4.78 is 13.9. The highest BCUT2D eigenvalue weighted by Gasteiger charge is 2.12. The first kappa shape index (κ1) is 13.5. The van der Waals surface area contributed by atoms with Crippen molar-refractivity contribution in [2.45, 2.75) is 27.2 Å². The lowest BCUT2D eigenvalue weighted by Gasteiger charge is -2.09. The molecular formula is C15H18FN3. The van der Waals surface area contributed by atoms with Gasteiger partial charge in [0.25, 0.3) is 0 Å². The van der Waals surface area contributed by atoms with Gasteiger partial charge in [-0.25, -0.2) is 14.4 Å². The highest BCUT2D eigenvalue weighted by Crippen LogP contribution is 2.21. The monoisotopic (exact) mass is 259 g/mol. The van der Waals surface area contributed by atoms with Crippen molar-refractivity contribution in [3.63, 3.8) is 0 Å². The third kappa shape index (κ3) is 3.08. The molecule has 0 atom stereocenters. The molecule has 2 aromatic rings. The van der Waals surface area contributed by atoms with Gasteiger partial charge >= 0.3 is 0 Å². The molecule has 4 heteroatoms. The molecule has 0 bridgehead atoms. The zero-order valence-electron chi connectivity index (χ0n) is 11.5. The number of nitrogens with zero attached hydrogens (tertiary/aromatic N) is 2. The van der Waals surface area contributed by atoms with Crippen molar-refractivity contribution in [3.05, 3.63) is 41.3 Å². The lowest BCUT2D eigenvalue weighted by molar-refractivity contribution is 0.605. The van der Waals surface area contributed by atoms with Crippen molar-refractivity contribution in [3.8, 4) is 11.4 Å². The fourth-order valence-electron chi connectivity index (χ4n) is 1.75. The van der Waals surface area contributed by atoms with E-state index < -0.39 is 0 Å². The maximum atomic E-state index is 13.9. The van der Waals surface area contributed by atoms with Gasteiger partial charge in [0.05, 0.1) is 5.69 Å². The lowest BCUT2D eigenvalue weighted by Crippen LogP contribution is -2.08. The summed E-state index contributed by atoms with van der Waals surface area (Å²) in [6, 6.07) is 7.89. The molecule has 0 radical (unpaired) electrons. The quantitative estimate of drug-likeness (QED) is 0.909. The molecule has 100 valence electrons. The standard InChI is InChI=1S/C15H18FN3/c1-4-9-17-15-13(16)11(3)18-14(19-15)12-7-5-10(2)6-8-12/h5-8H,4,9H2,1-3H3,(H,17,18,19). The van der Waals surface area contributed by atoms with Crippen LogP contribution >= 0.6 is 0 Å². The topological polar surface area (TPSA) is 37.8 Å². The molecule has 1 heterocycles. The molecule has 0 aliphatic carbocycles. The van der Waals surface area contributed by atoms with Crippen LogP contribution in [0, 0.1) is 19.7 Å². The molecule has 3 nitrogen and oxygen atoms in total. The summed E-state index contributed by atoms with van der Waals surface area (Å²) in [7, 11) is 0.